The number of carbonyl (C=O) groups is 1. The van der Waals surface area contributed by atoms with Gasteiger partial charge in [0.1, 0.15) is 11.6 Å². The second-order valence-corrected chi connectivity index (χ2v) is 7.04. The van der Waals surface area contributed by atoms with Crippen molar-refractivity contribution < 1.29 is 18.4 Å². The van der Waals surface area contributed by atoms with Crippen LogP contribution in [0.2, 0.25) is 0 Å². The lowest BCUT2D eigenvalue weighted by atomic mass is 10.1. The summed E-state index contributed by atoms with van der Waals surface area (Å²) in [6, 6.07) is 13.3. The Morgan fingerprint density at radius 1 is 1.25 bits per heavy atom. The van der Waals surface area contributed by atoms with Gasteiger partial charge in [-0.3, -0.25) is 4.79 Å². The summed E-state index contributed by atoms with van der Waals surface area (Å²) in [6.45, 7) is 0.557. The van der Waals surface area contributed by atoms with E-state index >= 15 is 0 Å². The fourth-order valence-corrected chi connectivity index (χ4v) is 3.87. The van der Waals surface area contributed by atoms with E-state index in [9.17, 15) is 9.18 Å². The van der Waals surface area contributed by atoms with Gasteiger partial charge in [-0.05, 0) is 24.3 Å². The highest BCUT2D eigenvalue weighted by atomic mass is 32.2. The van der Waals surface area contributed by atoms with E-state index in [4.69, 9.17) is 9.26 Å². The van der Waals surface area contributed by atoms with E-state index in [1.165, 1.54) is 24.9 Å². The van der Waals surface area contributed by atoms with Crippen LogP contribution in [-0.2, 0) is 0 Å². The number of ether oxygens (including phenoxy) is 1. The summed E-state index contributed by atoms with van der Waals surface area (Å²) in [5.74, 6) is 1.05. The third-order valence-corrected chi connectivity index (χ3v) is 5.24. The van der Waals surface area contributed by atoms with Crippen LogP contribution in [-0.4, -0.2) is 40.4 Å². The minimum atomic E-state index is -0.425. The number of benzene rings is 2. The summed E-state index contributed by atoms with van der Waals surface area (Å²) in [4.78, 5) is 18.9. The summed E-state index contributed by atoms with van der Waals surface area (Å²) >= 11 is 1.51. The molecule has 28 heavy (non-hydrogen) atoms. The van der Waals surface area contributed by atoms with Crippen molar-refractivity contribution in [3.63, 3.8) is 0 Å². The van der Waals surface area contributed by atoms with Crippen LogP contribution >= 0.6 is 11.8 Å². The number of rotatable bonds is 4. The Kier molecular flexibility index (Phi) is 5.12. The Morgan fingerprint density at radius 3 is 2.86 bits per heavy atom. The second-order valence-electron chi connectivity index (χ2n) is 5.92. The summed E-state index contributed by atoms with van der Waals surface area (Å²) < 4.78 is 24.4. The van der Waals surface area contributed by atoms with Gasteiger partial charge in [-0.25, -0.2) is 4.39 Å². The molecule has 142 valence electrons. The number of carbonyl (C=O) groups excluding carboxylic acids is 1. The molecule has 8 heteroatoms. The Hall–Kier alpha value is -3.13. The van der Waals surface area contributed by atoms with Crippen LogP contribution in [0.4, 0.5) is 4.39 Å². The van der Waals surface area contributed by atoms with E-state index in [0.29, 0.717) is 22.9 Å². The highest BCUT2D eigenvalue weighted by Gasteiger charge is 2.27. The van der Waals surface area contributed by atoms with Crippen molar-refractivity contribution in [1.29, 1.82) is 0 Å². The van der Waals surface area contributed by atoms with Crippen LogP contribution < -0.4 is 4.74 Å². The molecule has 1 aliphatic heterocycles. The first kappa shape index (κ1) is 18.2. The Labute approximate surface area is 165 Å². The summed E-state index contributed by atoms with van der Waals surface area (Å²) in [7, 11) is 1.53. The Morgan fingerprint density at radius 2 is 2.04 bits per heavy atom. The van der Waals surface area contributed by atoms with E-state index in [-0.39, 0.29) is 23.2 Å². The zero-order valence-corrected chi connectivity index (χ0v) is 15.8. The van der Waals surface area contributed by atoms with Crippen molar-refractivity contribution in [3.05, 3.63) is 70.8 Å². The standard InChI is InChI=1S/C20H16FN3O3S/c1-26-16-9-5-3-7-14(16)20(25)24-10-11-28-18(24)12-17-22-19(23-27-17)13-6-2-4-8-15(13)21/h2-9,12H,10-11H2,1H3/b18-12+. The average Bonchev–Trinajstić information content (AvgIpc) is 3.38. The number of halogens is 1. The van der Waals surface area contributed by atoms with Crippen LogP contribution in [0, 0.1) is 5.82 Å². The number of para-hydroxylation sites is 1. The van der Waals surface area contributed by atoms with Gasteiger partial charge in [0.05, 0.1) is 23.3 Å². The van der Waals surface area contributed by atoms with E-state index < -0.39 is 5.82 Å². The van der Waals surface area contributed by atoms with Crippen LogP contribution in [0.15, 0.2) is 58.1 Å². The topological polar surface area (TPSA) is 68.5 Å². The normalized spacial score (nSPS) is 15.2. The van der Waals surface area contributed by atoms with Gasteiger partial charge >= 0.3 is 0 Å². The smallest absolute Gasteiger partial charge is 0.262 e. The maximum Gasteiger partial charge on any atom is 0.262 e. The average molecular weight is 397 g/mol. The second kappa shape index (κ2) is 7.85. The summed E-state index contributed by atoms with van der Waals surface area (Å²) in [5, 5.41) is 4.54. The number of hydrogen-bond donors (Lipinski definition) is 0. The zero-order valence-electron chi connectivity index (χ0n) is 15.0. The van der Waals surface area contributed by atoms with E-state index in [1.807, 2.05) is 6.07 Å². The molecule has 1 fully saturated rings. The highest BCUT2D eigenvalue weighted by molar-refractivity contribution is 8.03. The van der Waals surface area contributed by atoms with Crippen LogP contribution in [0.5, 0.6) is 5.75 Å². The molecule has 0 radical (unpaired) electrons. The molecule has 4 rings (SSSR count). The van der Waals surface area contributed by atoms with E-state index in [2.05, 4.69) is 10.1 Å². The molecule has 2 heterocycles. The lowest BCUT2D eigenvalue weighted by molar-refractivity contribution is 0.0827. The van der Waals surface area contributed by atoms with Gasteiger partial charge in [0, 0.05) is 18.4 Å². The molecule has 0 spiro atoms. The first-order chi connectivity index (χ1) is 13.7. The zero-order chi connectivity index (χ0) is 19.5. The minimum Gasteiger partial charge on any atom is -0.496 e. The fourth-order valence-electron chi connectivity index (χ4n) is 2.87. The Balaban J connectivity index is 1.61. The number of methoxy groups -OCH3 is 1. The molecule has 3 aromatic rings. The number of hydrogen-bond acceptors (Lipinski definition) is 6. The van der Waals surface area contributed by atoms with Gasteiger partial charge in [-0.2, -0.15) is 4.98 Å². The molecule has 0 unspecified atom stereocenters. The lowest BCUT2D eigenvalue weighted by Gasteiger charge is -2.18. The molecule has 0 atom stereocenters. The maximum absolute atomic E-state index is 13.9. The van der Waals surface area contributed by atoms with Crippen molar-refractivity contribution in [2.75, 3.05) is 19.4 Å². The predicted octanol–water partition coefficient (Wildman–Crippen LogP) is 4.07. The van der Waals surface area contributed by atoms with Crippen LogP contribution in [0.25, 0.3) is 17.5 Å². The largest absolute Gasteiger partial charge is 0.496 e. The third kappa shape index (κ3) is 3.50. The highest BCUT2D eigenvalue weighted by Crippen LogP contribution is 2.33. The molecule has 1 saturated heterocycles. The molecule has 2 aromatic carbocycles. The van der Waals surface area contributed by atoms with Crippen LogP contribution in [0.1, 0.15) is 16.2 Å². The van der Waals surface area contributed by atoms with Gasteiger partial charge in [0.15, 0.2) is 0 Å². The minimum absolute atomic E-state index is 0.163. The summed E-state index contributed by atoms with van der Waals surface area (Å²) in [5.41, 5.74) is 0.743. The Bertz CT molecular complexity index is 1050. The van der Waals surface area contributed by atoms with Gasteiger partial charge in [0.25, 0.3) is 11.8 Å². The number of aromatic nitrogens is 2. The quantitative estimate of drug-likeness (QED) is 0.661. The molecule has 0 N–H and O–H groups in total. The van der Waals surface area contributed by atoms with Gasteiger partial charge in [-0.1, -0.05) is 29.4 Å². The molecule has 1 amide bonds. The molecule has 0 aliphatic carbocycles. The molecular weight excluding hydrogens is 381 g/mol. The third-order valence-electron chi connectivity index (χ3n) is 4.22. The molecule has 0 bridgehead atoms. The molecule has 1 aromatic heterocycles. The van der Waals surface area contributed by atoms with Gasteiger partial charge in [0.2, 0.25) is 5.82 Å². The number of amides is 1. The van der Waals surface area contributed by atoms with E-state index in [0.717, 1.165) is 5.75 Å². The van der Waals surface area contributed by atoms with Crippen molar-refractivity contribution in [2.24, 2.45) is 0 Å². The fraction of sp³-hybridized carbons (Fsp3) is 0.150. The number of thioether (sulfide) groups is 1. The molecular formula is C20H16FN3O3S. The van der Waals surface area contributed by atoms with Crippen molar-refractivity contribution in [1.82, 2.24) is 15.0 Å². The van der Waals surface area contributed by atoms with Crippen molar-refractivity contribution >= 4 is 23.7 Å². The van der Waals surface area contributed by atoms with Crippen molar-refractivity contribution in [2.45, 2.75) is 0 Å². The molecule has 6 nitrogen and oxygen atoms in total. The van der Waals surface area contributed by atoms with Gasteiger partial charge in [-0.15, -0.1) is 11.8 Å². The summed E-state index contributed by atoms with van der Waals surface area (Å²) in [6.07, 6.45) is 1.64. The first-order valence-corrected chi connectivity index (χ1v) is 9.54. The van der Waals surface area contributed by atoms with E-state index in [1.54, 1.807) is 47.4 Å². The number of nitrogens with zero attached hydrogens (tertiary/aromatic N) is 3. The SMILES string of the molecule is COc1ccccc1C(=O)N1CCS/C1=C/c1nc(-c2ccccc2F)no1. The maximum atomic E-state index is 13.9. The lowest BCUT2D eigenvalue weighted by Crippen LogP contribution is -2.27. The monoisotopic (exact) mass is 397 g/mol. The predicted molar refractivity (Wildman–Crippen MR) is 104 cm³/mol. The van der Waals surface area contributed by atoms with Gasteiger partial charge < -0.3 is 14.2 Å². The van der Waals surface area contributed by atoms with Crippen LogP contribution in [0.3, 0.4) is 0 Å². The van der Waals surface area contributed by atoms with Crippen molar-refractivity contribution in [3.8, 4) is 17.1 Å². The molecule has 1 aliphatic rings. The molecule has 0 saturated carbocycles. The first-order valence-electron chi connectivity index (χ1n) is 8.55.